The van der Waals surface area contributed by atoms with E-state index in [4.69, 9.17) is 4.52 Å². The van der Waals surface area contributed by atoms with Crippen molar-refractivity contribution in [2.45, 2.75) is 38.3 Å². The number of anilines is 1. The molecule has 2 aliphatic rings. The quantitative estimate of drug-likeness (QED) is 0.653. The Kier molecular flexibility index (Phi) is 5.68. The highest BCUT2D eigenvalue weighted by Gasteiger charge is 2.53. The van der Waals surface area contributed by atoms with E-state index in [0.29, 0.717) is 6.54 Å². The number of nitrogens with one attached hydrogen (secondary N) is 1. The number of β-amino-alcohol motifs (C(OH)–C–C–N with tert-alkyl or cyclic N) is 1. The van der Waals surface area contributed by atoms with Crippen molar-refractivity contribution in [3.8, 4) is 11.1 Å². The van der Waals surface area contributed by atoms with Gasteiger partial charge < -0.3 is 14.9 Å². The number of fused-ring (bicyclic) bond motifs is 1. The molecular weight excluding hydrogens is 410 g/mol. The van der Waals surface area contributed by atoms with E-state index in [2.05, 4.69) is 21.4 Å². The lowest BCUT2D eigenvalue weighted by atomic mass is 9.79. The molecule has 3 aromatic rings. The van der Waals surface area contributed by atoms with Crippen LogP contribution in [0.3, 0.4) is 0 Å². The van der Waals surface area contributed by atoms with Crippen molar-refractivity contribution in [2.24, 2.45) is 0 Å². The van der Waals surface area contributed by atoms with Gasteiger partial charge in [-0.15, -0.1) is 0 Å². The molecule has 2 atom stereocenters. The number of rotatable bonds is 3. The van der Waals surface area contributed by atoms with Crippen molar-refractivity contribution < 1.29 is 14.4 Å². The third kappa shape index (κ3) is 3.28. The van der Waals surface area contributed by atoms with Gasteiger partial charge in [-0.2, -0.15) is 13.5 Å². The van der Waals surface area contributed by atoms with Gasteiger partial charge in [0.2, 0.25) is 0 Å². The molecule has 2 N–H and O–H groups in total. The molecule has 0 saturated carbocycles. The Morgan fingerprint density at radius 1 is 1.19 bits per heavy atom. The summed E-state index contributed by atoms with van der Waals surface area (Å²) in [6, 6.07) is 15.9. The number of aliphatic hydroxyl groups excluding tert-OH is 1. The maximum atomic E-state index is 13.6. The van der Waals surface area contributed by atoms with Gasteiger partial charge in [0.05, 0.1) is 11.8 Å². The second-order valence-corrected chi connectivity index (χ2v) is 8.23. The summed E-state index contributed by atoms with van der Waals surface area (Å²) in [6.07, 6.45) is 1.17. The second kappa shape index (κ2) is 8.15. The zero-order valence-electron chi connectivity index (χ0n) is 17.7. The van der Waals surface area contributed by atoms with Gasteiger partial charge in [-0.25, -0.2) is 0 Å². The maximum absolute atomic E-state index is 13.6. The Balaban J connectivity index is 0.00000231. The molecule has 0 spiro atoms. The Hall–Kier alpha value is -2.61. The van der Waals surface area contributed by atoms with E-state index in [0.717, 1.165) is 58.8 Å². The monoisotopic (exact) mass is 437 g/mol. The maximum Gasteiger partial charge on any atom is 0.254 e. The molecule has 5 rings (SSSR count). The van der Waals surface area contributed by atoms with E-state index in [1.165, 1.54) is 0 Å². The smallest absolute Gasteiger partial charge is 0.254 e. The van der Waals surface area contributed by atoms with Gasteiger partial charge in [0.1, 0.15) is 5.76 Å². The zero-order valence-corrected chi connectivity index (χ0v) is 18.7. The highest BCUT2D eigenvalue weighted by molar-refractivity contribution is 7.59. The van der Waals surface area contributed by atoms with Crippen molar-refractivity contribution in [3.05, 3.63) is 71.1 Å². The zero-order chi connectivity index (χ0) is 20.9. The Morgan fingerprint density at radius 3 is 2.65 bits per heavy atom. The van der Waals surface area contributed by atoms with E-state index in [9.17, 15) is 9.90 Å². The van der Waals surface area contributed by atoms with Crippen molar-refractivity contribution >= 4 is 25.1 Å². The number of aryl methyl sites for hydroxylation is 2. The number of piperidine rings is 1. The highest BCUT2D eigenvalue weighted by atomic mass is 32.1. The predicted octanol–water partition coefficient (Wildman–Crippen LogP) is 3.72. The van der Waals surface area contributed by atoms with E-state index < -0.39 is 11.6 Å². The number of carbonyl (C=O) groups is 1. The number of aliphatic hydroxyl groups is 1. The normalized spacial score (nSPS) is 23.2. The summed E-state index contributed by atoms with van der Waals surface area (Å²) < 4.78 is 5.38. The number of amides is 1. The van der Waals surface area contributed by atoms with Crippen LogP contribution < -0.4 is 5.32 Å². The van der Waals surface area contributed by atoms with Crippen LogP contribution in [0.5, 0.6) is 0 Å². The van der Waals surface area contributed by atoms with Crippen molar-refractivity contribution in [1.29, 1.82) is 0 Å². The largest absolute Gasteiger partial charge is 0.392 e. The highest BCUT2D eigenvalue weighted by Crippen LogP contribution is 2.48. The number of nitrogens with zero attached hydrogens (tertiary/aromatic N) is 2. The minimum absolute atomic E-state index is 0. The number of hydrogen-bond acceptors (Lipinski definition) is 5. The molecule has 3 heterocycles. The first-order valence-corrected chi connectivity index (χ1v) is 10.4. The molecule has 31 heavy (non-hydrogen) atoms. The van der Waals surface area contributed by atoms with Gasteiger partial charge in [-0.05, 0) is 49.9 Å². The molecule has 162 valence electrons. The van der Waals surface area contributed by atoms with Gasteiger partial charge in [-0.1, -0.05) is 41.6 Å². The molecule has 1 unspecified atom stereocenters. The summed E-state index contributed by atoms with van der Waals surface area (Å²) in [5, 5.41) is 17.6. The average molecular weight is 438 g/mol. The molecule has 0 aliphatic carbocycles. The second-order valence-electron chi connectivity index (χ2n) is 8.23. The van der Waals surface area contributed by atoms with Gasteiger partial charge in [-0.3, -0.25) is 9.69 Å². The fourth-order valence-electron chi connectivity index (χ4n) is 5.06. The minimum Gasteiger partial charge on any atom is -0.392 e. The lowest BCUT2D eigenvalue weighted by Gasteiger charge is -2.43. The molecule has 6 nitrogen and oxygen atoms in total. The van der Waals surface area contributed by atoms with Crippen LogP contribution in [0.15, 0.2) is 53.1 Å². The van der Waals surface area contributed by atoms with Crippen LogP contribution >= 0.6 is 13.5 Å². The average Bonchev–Trinajstić information content (AvgIpc) is 3.24. The molecule has 2 aliphatic heterocycles. The van der Waals surface area contributed by atoms with Gasteiger partial charge in [0, 0.05) is 29.9 Å². The van der Waals surface area contributed by atoms with Crippen LogP contribution in [0.4, 0.5) is 5.69 Å². The van der Waals surface area contributed by atoms with Crippen molar-refractivity contribution in [1.82, 2.24) is 10.1 Å². The van der Waals surface area contributed by atoms with Crippen LogP contribution in [-0.4, -0.2) is 40.3 Å². The summed E-state index contributed by atoms with van der Waals surface area (Å²) in [5.74, 6) is 0.678. The Morgan fingerprint density at radius 2 is 1.97 bits per heavy atom. The van der Waals surface area contributed by atoms with E-state index >= 15 is 0 Å². The number of likely N-dealkylation sites (tertiary alicyclic amines) is 1. The lowest BCUT2D eigenvalue weighted by molar-refractivity contribution is -0.127. The number of hydrogen-bond donors (Lipinski definition) is 2. The van der Waals surface area contributed by atoms with E-state index in [-0.39, 0.29) is 19.4 Å². The number of benzene rings is 2. The molecule has 1 aromatic heterocycles. The molecule has 7 heteroatoms. The molecule has 1 saturated heterocycles. The van der Waals surface area contributed by atoms with Crippen LogP contribution in [0.1, 0.15) is 35.4 Å². The van der Waals surface area contributed by atoms with Crippen LogP contribution in [0.25, 0.3) is 11.1 Å². The number of aromatic nitrogens is 1. The summed E-state index contributed by atoms with van der Waals surface area (Å²) in [5.41, 5.74) is 4.39. The Bertz CT molecular complexity index is 1100. The van der Waals surface area contributed by atoms with E-state index in [1.807, 2.05) is 56.3 Å². The first-order valence-electron chi connectivity index (χ1n) is 10.4. The SMILES string of the molecule is Cc1noc(C)c1-c1ccc2c(c1)C(c1ccccc1)(N1CCC[C@H](O)C1)C(=O)N2.S. The van der Waals surface area contributed by atoms with Crippen molar-refractivity contribution in [2.75, 3.05) is 18.4 Å². The third-order valence-electron chi connectivity index (χ3n) is 6.37. The summed E-state index contributed by atoms with van der Waals surface area (Å²) in [6.45, 7) is 5.02. The fraction of sp³-hybridized carbons (Fsp3) is 0.333. The van der Waals surface area contributed by atoms with Crippen LogP contribution in [-0.2, 0) is 10.3 Å². The molecular formula is C24H27N3O3S. The molecule has 1 fully saturated rings. The third-order valence-corrected chi connectivity index (χ3v) is 6.37. The first kappa shape index (κ1) is 21.6. The summed E-state index contributed by atoms with van der Waals surface area (Å²) in [4.78, 5) is 15.8. The van der Waals surface area contributed by atoms with Gasteiger partial charge >= 0.3 is 0 Å². The molecule has 0 bridgehead atoms. The predicted molar refractivity (Wildman–Crippen MR) is 124 cm³/mol. The summed E-state index contributed by atoms with van der Waals surface area (Å²) >= 11 is 0. The molecule has 0 radical (unpaired) electrons. The molecule has 2 aromatic carbocycles. The Labute approximate surface area is 188 Å². The van der Waals surface area contributed by atoms with E-state index in [1.54, 1.807) is 0 Å². The summed E-state index contributed by atoms with van der Waals surface area (Å²) in [7, 11) is 0. The number of carbonyl (C=O) groups excluding carboxylic acids is 1. The topological polar surface area (TPSA) is 78.6 Å². The van der Waals surface area contributed by atoms with Crippen molar-refractivity contribution in [3.63, 3.8) is 0 Å². The van der Waals surface area contributed by atoms with Crippen LogP contribution in [0, 0.1) is 13.8 Å². The standard InChI is InChI=1S/C24H25N3O3.H2S/c1-15-22(16(2)30-26-15)17-10-11-21-20(13-17)24(23(29)25-21,18-7-4-3-5-8-18)27-12-6-9-19(28)14-27;/h3-5,7-8,10-11,13,19,28H,6,9,12,14H2,1-2H3,(H,25,29);1H2/t19-,24?;/m0./s1. The minimum atomic E-state index is -0.979. The van der Waals surface area contributed by atoms with Crippen LogP contribution in [0.2, 0.25) is 0 Å². The molecule has 1 amide bonds. The van der Waals surface area contributed by atoms with Gasteiger partial charge in [0.15, 0.2) is 5.54 Å². The lowest BCUT2D eigenvalue weighted by Crippen LogP contribution is -2.56. The first-order chi connectivity index (χ1) is 14.5. The van der Waals surface area contributed by atoms with Gasteiger partial charge in [0.25, 0.3) is 5.91 Å². The fourth-order valence-corrected chi connectivity index (χ4v) is 5.06.